The van der Waals surface area contributed by atoms with E-state index in [1.807, 2.05) is 42.5 Å². The zero-order chi connectivity index (χ0) is 30.0. The Morgan fingerprint density at radius 2 is 1.69 bits per heavy atom. The molecular formula is C32H33FN2O7. The van der Waals surface area contributed by atoms with Gasteiger partial charge in [0.1, 0.15) is 24.6 Å². The molecule has 0 bridgehead atoms. The summed E-state index contributed by atoms with van der Waals surface area (Å²) in [5.74, 6) is -2.15. The van der Waals surface area contributed by atoms with Gasteiger partial charge in [0.05, 0.1) is 18.2 Å². The summed E-state index contributed by atoms with van der Waals surface area (Å²) in [6.45, 7) is 3.49. The van der Waals surface area contributed by atoms with Crippen LogP contribution in [0.2, 0.25) is 0 Å². The number of carboxylic acids is 2. The molecule has 220 valence electrons. The minimum Gasteiger partial charge on any atom is -0.486 e. The Morgan fingerprint density at radius 3 is 2.43 bits per heavy atom. The molecule has 3 aromatic rings. The van der Waals surface area contributed by atoms with Crippen molar-refractivity contribution in [2.45, 2.75) is 44.3 Å². The molecular weight excluding hydrogens is 543 g/mol. The standard InChI is InChI=1S/C30H31FN2O3.C2H2O4/c31-26-11-9-25(10-12-26)30(27-13-8-22(20-32)19-24(27)21-36-30)14-4-16-33-15-2-1-5-23-6-3-7-28-29(23)35-18-17-34-28;3-1(4)2(5)6/h3,6-13,19,33H,1-2,4-5,14-18,21H2;(H,3,4)(H,5,6). The number of hydrogen-bond donors (Lipinski definition) is 3. The van der Waals surface area contributed by atoms with Crippen LogP contribution in [0.3, 0.4) is 0 Å². The van der Waals surface area contributed by atoms with Crippen LogP contribution in [0.5, 0.6) is 11.5 Å². The lowest BCUT2D eigenvalue weighted by molar-refractivity contribution is -0.159. The molecule has 3 N–H and O–H groups in total. The first-order chi connectivity index (χ1) is 20.3. The molecule has 42 heavy (non-hydrogen) atoms. The lowest BCUT2D eigenvalue weighted by Crippen LogP contribution is -2.29. The lowest BCUT2D eigenvalue weighted by atomic mass is 9.81. The fourth-order valence-electron chi connectivity index (χ4n) is 5.25. The Morgan fingerprint density at radius 1 is 0.952 bits per heavy atom. The number of aliphatic carboxylic acids is 2. The number of fused-ring (bicyclic) bond motifs is 2. The first kappa shape index (κ1) is 30.5. The van der Waals surface area contributed by atoms with Crippen LogP contribution in [0.15, 0.2) is 60.7 Å². The molecule has 2 heterocycles. The number of para-hydroxylation sites is 1. The number of unbranched alkanes of at least 4 members (excludes halogenated alkanes) is 1. The average molecular weight is 577 g/mol. The van der Waals surface area contributed by atoms with Crippen molar-refractivity contribution in [2.75, 3.05) is 26.3 Å². The summed E-state index contributed by atoms with van der Waals surface area (Å²) in [6.07, 6.45) is 4.80. The smallest absolute Gasteiger partial charge is 0.414 e. The number of halogens is 1. The molecule has 0 saturated carbocycles. The Kier molecular flexibility index (Phi) is 10.5. The van der Waals surface area contributed by atoms with Crippen molar-refractivity contribution in [1.82, 2.24) is 5.32 Å². The third kappa shape index (κ3) is 7.43. The van der Waals surface area contributed by atoms with Gasteiger partial charge in [0.2, 0.25) is 0 Å². The molecule has 1 atom stereocenters. The van der Waals surface area contributed by atoms with Gasteiger partial charge in [-0.15, -0.1) is 0 Å². The van der Waals surface area contributed by atoms with Crippen LogP contribution < -0.4 is 14.8 Å². The van der Waals surface area contributed by atoms with Gasteiger partial charge < -0.3 is 29.7 Å². The third-order valence-corrected chi connectivity index (χ3v) is 7.22. The van der Waals surface area contributed by atoms with E-state index in [-0.39, 0.29) is 5.82 Å². The van der Waals surface area contributed by atoms with Gasteiger partial charge in [0.25, 0.3) is 0 Å². The largest absolute Gasteiger partial charge is 0.486 e. The Balaban J connectivity index is 0.000000612. The van der Waals surface area contributed by atoms with Crippen molar-refractivity contribution in [3.8, 4) is 17.6 Å². The van der Waals surface area contributed by atoms with E-state index >= 15 is 0 Å². The highest BCUT2D eigenvalue weighted by Gasteiger charge is 2.41. The van der Waals surface area contributed by atoms with E-state index in [1.165, 1.54) is 17.7 Å². The van der Waals surface area contributed by atoms with Crippen LogP contribution in [0.1, 0.15) is 53.5 Å². The molecule has 0 aliphatic carbocycles. The molecule has 0 saturated heterocycles. The monoisotopic (exact) mass is 576 g/mol. The maximum Gasteiger partial charge on any atom is 0.414 e. The second-order valence-electron chi connectivity index (χ2n) is 9.97. The summed E-state index contributed by atoms with van der Waals surface area (Å²) in [5, 5.41) is 27.6. The van der Waals surface area contributed by atoms with Crippen LogP contribution in [0.25, 0.3) is 0 Å². The number of nitrogens with one attached hydrogen (secondary N) is 1. The number of nitrogens with zero attached hydrogens (tertiary/aromatic N) is 1. The molecule has 5 rings (SSSR count). The van der Waals surface area contributed by atoms with Crippen LogP contribution in [0, 0.1) is 17.1 Å². The van der Waals surface area contributed by atoms with E-state index in [0.717, 1.165) is 73.4 Å². The fourth-order valence-corrected chi connectivity index (χ4v) is 5.25. The minimum atomic E-state index is -1.82. The molecule has 3 aromatic carbocycles. The molecule has 9 nitrogen and oxygen atoms in total. The maximum absolute atomic E-state index is 13.6. The number of benzene rings is 3. The maximum atomic E-state index is 13.6. The number of carboxylic acid groups (broad SMARTS) is 2. The van der Waals surface area contributed by atoms with E-state index in [1.54, 1.807) is 0 Å². The Labute approximate surface area is 243 Å². The van der Waals surface area contributed by atoms with E-state index < -0.39 is 17.5 Å². The zero-order valence-corrected chi connectivity index (χ0v) is 23.1. The first-order valence-corrected chi connectivity index (χ1v) is 13.8. The molecule has 2 aliphatic rings. The lowest BCUT2D eigenvalue weighted by Gasteiger charge is -2.30. The van der Waals surface area contributed by atoms with Gasteiger partial charge >= 0.3 is 11.9 Å². The van der Waals surface area contributed by atoms with E-state index in [9.17, 15) is 9.65 Å². The van der Waals surface area contributed by atoms with Crippen LogP contribution in [-0.4, -0.2) is 48.5 Å². The summed E-state index contributed by atoms with van der Waals surface area (Å²) in [6, 6.07) is 20.7. The molecule has 10 heteroatoms. The summed E-state index contributed by atoms with van der Waals surface area (Å²) in [7, 11) is 0. The molecule has 0 radical (unpaired) electrons. The zero-order valence-electron chi connectivity index (χ0n) is 23.1. The topological polar surface area (TPSA) is 138 Å². The second-order valence-corrected chi connectivity index (χ2v) is 9.97. The van der Waals surface area contributed by atoms with Crippen LogP contribution in [0.4, 0.5) is 4.39 Å². The first-order valence-electron chi connectivity index (χ1n) is 13.8. The van der Waals surface area contributed by atoms with E-state index in [2.05, 4.69) is 17.5 Å². The number of aryl methyl sites for hydroxylation is 1. The summed E-state index contributed by atoms with van der Waals surface area (Å²) >= 11 is 0. The van der Waals surface area contributed by atoms with E-state index in [0.29, 0.717) is 25.4 Å². The van der Waals surface area contributed by atoms with Gasteiger partial charge in [0, 0.05) is 0 Å². The molecule has 0 spiro atoms. The highest BCUT2D eigenvalue weighted by molar-refractivity contribution is 6.27. The quantitative estimate of drug-likeness (QED) is 0.230. The highest BCUT2D eigenvalue weighted by Crippen LogP contribution is 2.45. The number of carbonyl (C=O) groups is 2. The predicted molar refractivity (Wildman–Crippen MR) is 151 cm³/mol. The Hall–Kier alpha value is -4.46. The summed E-state index contributed by atoms with van der Waals surface area (Å²) < 4.78 is 31.5. The summed E-state index contributed by atoms with van der Waals surface area (Å²) in [5.41, 5.74) is 4.28. The minimum absolute atomic E-state index is 0.260. The number of hydrogen-bond acceptors (Lipinski definition) is 7. The number of ether oxygens (including phenoxy) is 3. The fraction of sp³-hybridized carbons (Fsp3) is 0.344. The molecule has 1 unspecified atom stereocenters. The number of nitriles is 1. The van der Waals surface area contributed by atoms with Crippen molar-refractivity contribution in [2.24, 2.45) is 0 Å². The Bertz CT molecular complexity index is 1430. The van der Waals surface area contributed by atoms with Crippen molar-refractivity contribution >= 4 is 11.9 Å². The van der Waals surface area contributed by atoms with Gasteiger partial charge in [-0.3, -0.25) is 0 Å². The molecule has 0 amide bonds. The molecule has 0 aromatic heterocycles. The summed E-state index contributed by atoms with van der Waals surface area (Å²) in [4.78, 5) is 18.2. The average Bonchev–Trinajstić information content (AvgIpc) is 3.37. The van der Waals surface area contributed by atoms with E-state index in [4.69, 9.17) is 34.0 Å². The highest BCUT2D eigenvalue weighted by atomic mass is 19.1. The van der Waals surface area contributed by atoms with Gasteiger partial charge in [-0.25, -0.2) is 14.0 Å². The van der Waals surface area contributed by atoms with Gasteiger partial charge in [0.15, 0.2) is 11.5 Å². The number of rotatable bonds is 10. The normalized spacial score (nSPS) is 16.5. The van der Waals surface area contributed by atoms with Gasteiger partial charge in [-0.1, -0.05) is 30.3 Å². The van der Waals surface area contributed by atoms with Crippen molar-refractivity contribution < 1.29 is 38.4 Å². The SMILES string of the molecule is N#Cc1ccc2c(c1)COC2(CCCNCCCCc1cccc2c1OCCO2)c1ccc(F)cc1.O=C(O)C(=O)O. The van der Waals surface area contributed by atoms with Crippen LogP contribution >= 0.6 is 0 Å². The van der Waals surface area contributed by atoms with Crippen molar-refractivity contribution in [3.63, 3.8) is 0 Å². The van der Waals surface area contributed by atoms with Gasteiger partial charge in [-0.2, -0.15) is 5.26 Å². The molecule has 2 aliphatic heterocycles. The van der Waals surface area contributed by atoms with Crippen molar-refractivity contribution in [1.29, 1.82) is 5.26 Å². The van der Waals surface area contributed by atoms with Gasteiger partial charge in [-0.05, 0) is 97.8 Å². The third-order valence-electron chi connectivity index (χ3n) is 7.22. The van der Waals surface area contributed by atoms with Crippen LogP contribution in [-0.2, 0) is 33.0 Å². The predicted octanol–water partition coefficient (Wildman–Crippen LogP) is 4.79. The molecule has 0 fully saturated rings. The van der Waals surface area contributed by atoms with Crippen molar-refractivity contribution in [3.05, 3.63) is 94.3 Å². The second kappa shape index (κ2) is 14.4.